The molecule has 1 saturated heterocycles. The molecule has 1 atom stereocenters. The summed E-state index contributed by atoms with van der Waals surface area (Å²) in [5, 5.41) is 0. The van der Waals surface area contributed by atoms with Gasteiger partial charge >= 0.3 is 0 Å². The van der Waals surface area contributed by atoms with E-state index in [1.54, 1.807) is 0 Å². The summed E-state index contributed by atoms with van der Waals surface area (Å²) in [5.41, 5.74) is 2.43. The molecule has 190 valence electrons. The molecule has 6 nitrogen and oxygen atoms in total. The highest BCUT2D eigenvalue weighted by Crippen LogP contribution is 2.25. The van der Waals surface area contributed by atoms with Crippen molar-refractivity contribution in [2.24, 2.45) is 0 Å². The Kier molecular flexibility index (Phi) is 8.54. The number of hydrogen-bond acceptors (Lipinski definition) is 5. The van der Waals surface area contributed by atoms with Gasteiger partial charge in [-0.1, -0.05) is 31.8 Å². The van der Waals surface area contributed by atoms with E-state index in [1.165, 1.54) is 12.1 Å². The molecule has 2 aromatic carbocycles. The van der Waals surface area contributed by atoms with Crippen molar-refractivity contribution in [3.8, 4) is 5.75 Å². The van der Waals surface area contributed by atoms with Crippen molar-refractivity contribution < 1.29 is 27.7 Å². The minimum Gasteiger partial charge on any atom is -0.486 e. The summed E-state index contributed by atoms with van der Waals surface area (Å²) in [4.78, 5) is 4.85. The van der Waals surface area contributed by atoms with Gasteiger partial charge in [0.05, 0.1) is 11.0 Å². The van der Waals surface area contributed by atoms with Crippen molar-refractivity contribution in [3.05, 3.63) is 59.4 Å². The van der Waals surface area contributed by atoms with Crippen LogP contribution in [0.5, 0.6) is 5.75 Å². The van der Waals surface area contributed by atoms with E-state index >= 15 is 0 Å². The number of benzene rings is 2. The number of aromatic nitrogens is 2. The average Bonchev–Trinajstić information content (AvgIpc) is 3.18. The molecule has 0 bridgehead atoms. The number of rotatable bonds is 11. The van der Waals surface area contributed by atoms with Crippen LogP contribution in [-0.4, -0.2) is 37.1 Å². The summed E-state index contributed by atoms with van der Waals surface area (Å²) in [7, 11) is -1.21. The van der Waals surface area contributed by atoms with Crippen LogP contribution in [0.15, 0.2) is 36.4 Å². The normalized spacial score (nSPS) is 16.7. The summed E-state index contributed by atoms with van der Waals surface area (Å²) < 4.78 is 52.7. The second-order valence-corrected chi connectivity index (χ2v) is 15.7. The zero-order valence-corrected chi connectivity index (χ0v) is 21.7. The largest absolute Gasteiger partial charge is 0.486 e. The molecule has 0 saturated carbocycles. The summed E-state index contributed by atoms with van der Waals surface area (Å²) in [6, 6.07) is 10.1. The van der Waals surface area contributed by atoms with E-state index in [0.29, 0.717) is 26.6 Å². The lowest BCUT2D eigenvalue weighted by Crippen LogP contribution is -2.23. The lowest BCUT2D eigenvalue weighted by Gasteiger charge is -2.22. The maximum absolute atomic E-state index is 14.0. The predicted molar refractivity (Wildman–Crippen MR) is 133 cm³/mol. The minimum absolute atomic E-state index is 0.00415. The number of imidazole rings is 1. The van der Waals surface area contributed by atoms with Crippen LogP contribution in [-0.2, 0) is 34.2 Å². The van der Waals surface area contributed by atoms with Crippen LogP contribution < -0.4 is 4.74 Å². The molecule has 1 unspecified atom stereocenters. The van der Waals surface area contributed by atoms with Gasteiger partial charge in [0.15, 0.2) is 17.9 Å². The zero-order chi connectivity index (χ0) is 24.8. The molecule has 0 spiro atoms. The van der Waals surface area contributed by atoms with Gasteiger partial charge in [-0.05, 0) is 43.5 Å². The second-order valence-electron chi connectivity index (χ2n) is 10.1. The lowest BCUT2D eigenvalue weighted by molar-refractivity contribution is -0.170. The van der Waals surface area contributed by atoms with Crippen LogP contribution in [0, 0.1) is 11.6 Å². The number of nitrogens with zero attached hydrogens (tertiary/aromatic N) is 2. The SMILES string of the molecule is C[Si](C)(C)CCOCn1c(COC2CCCCO2)nc2c(COc3ccc(F)cc3F)cccc21. The first kappa shape index (κ1) is 25.8. The molecular weight excluding hydrogens is 470 g/mol. The van der Waals surface area contributed by atoms with Gasteiger partial charge in [-0.25, -0.2) is 13.8 Å². The van der Waals surface area contributed by atoms with Crippen LogP contribution >= 0.6 is 0 Å². The highest BCUT2D eigenvalue weighted by molar-refractivity contribution is 6.76. The topological polar surface area (TPSA) is 54.7 Å². The quantitative estimate of drug-likeness (QED) is 0.228. The molecule has 1 aliphatic heterocycles. The third kappa shape index (κ3) is 7.10. The third-order valence-corrected chi connectivity index (χ3v) is 7.68. The Balaban J connectivity index is 1.54. The van der Waals surface area contributed by atoms with Crippen LogP contribution in [0.4, 0.5) is 8.78 Å². The Hall–Kier alpha value is -2.33. The van der Waals surface area contributed by atoms with E-state index in [9.17, 15) is 8.78 Å². The Morgan fingerprint density at radius 1 is 1.11 bits per heavy atom. The molecular formula is C26H34F2N2O4Si. The van der Waals surface area contributed by atoms with Crippen LogP contribution in [0.2, 0.25) is 25.7 Å². The lowest BCUT2D eigenvalue weighted by atomic mass is 10.2. The van der Waals surface area contributed by atoms with E-state index in [-0.39, 0.29) is 18.6 Å². The minimum atomic E-state index is -1.21. The molecule has 1 aliphatic rings. The Bertz CT molecular complexity index is 1130. The van der Waals surface area contributed by atoms with E-state index in [2.05, 4.69) is 19.6 Å². The van der Waals surface area contributed by atoms with E-state index in [4.69, 9.17) is 23.9 Å². The fourth-order valence-corrected chi connectivity index (χ4v) is 4.67. The number of para-hydroxylation sites is 1. The van der Waals surface area contributed by atoms with Gasteiger partial charge in [0.25, 0.3) is 0 Å². The van der Waals surface area contributed by atoms with Gasteiger partial charge in [-0.15, -0.1) is 0 Å². The molecule has 1 aromatic heterocycles. The van der Waals surface area contributed by atoms with Crippen LogP contribution in [0.25, 0.3) is 11.0 Å². The van der Waals surface area contributed by atoms with Crippen molar-refractivity contribution in [2.75, 3.05) is 13.2 Å². The highest BCUT2D eigenvalue weighted by Gasteiger charge is 2.19. The Morgan fingerprint density at radius 3 is 2.71 bits per heavy atom. The van der Waals surface area contributed by atoms with Crippen LogP contribution in [0.1, 0.15) is 30.7 Å². The standard InChI is InChI=1S/C26H34F2N2O4Si/c1-35(2,3)14-13-31-18-30-22-8-6-7-19(16-33-23-11-10-20(27)15-21(23)28)26(22)29-24(30)17-34-25-9-4-5-12-32-25/h6-8,10-11,15,25H,4-5,9,12-14,16-18H2,1-3H3. The number of ether oxygens (including phenoxy) is 4. The summed E-state index contributed by atoms with van der Waals surface area (Å²) >= 11 is 0. The maximum atomic E-state index is 14.0. The maximum Gasteiger partial charge on any atom is 0.167 e. The number of hydrogen-bond donors (Lipinski definition) is 0. The molecule has 0 amide bonds. The van der Waals surface area contributed by atoms with Crippen molar-refractivity contribution >= 4 is 19.1 Å². The van der Waals surface area contributed by atoms with E-state index in [0.717, 1.165) is 53.8 Å². The van der Waals surface area contributed by atoms with Crippen LogP contribution in [0.3, 0.4) is 0 Å². The zero-order valence-electron chi connectivity index (χ0n) is 20.7. The molecule has 4 rings (SSSR count). The number of fused-ring (bicyclic) bond motifs is 1. The first-order chi connectivity index (χ1) is 16.8. The second kappa shape index (κ2) is 11.6. The highest BCUT2D eigenvalue weighted by atomic mass is 28.3. The number of halogens is 2. The van der Waals surface area contributed by atoms with Crippen molar-refractivity contribution in [1.29, 1.82) is 0 Å². The molecule has 0 N–H and O–H groups in total. The Labute approximate surface area is 206 Å². The molecule has 9 heteroatoms. The van der Waals surface area contributed by atoms with Gasteiger partial charge in [0, 0.05) is 32.9 Å². The molecule has 2 heterocycles. The van der Waals surface area contributed by atoms with Crippen molar-refractivity contribution in [2.45, 2.75) is 71.2 Å². The predicted octanol–water partition coefficient (Wildman–Crippen LogP) is 6.25. The van der Waals surface area contributed by atoms with E-state index < -0.39 is 19.7 Å². The molecule has 0 radical (unpaired) electrons. The average molecular weight is 505 g/mol. The fraction of sp³-hybridized carbons (Fsp3) is 0.500. The van der Waals surface area contributed by atoms with E-state index in [1.807, 2.05) is 22.8 Å². The summed E-state index contributed by atoms with van der Waals surface area (Å²) in [6.07, 6.45) is 2.79. The molecule has 1 fully saturated rings. The van der Waals surface area contributed by atoms with Crippen molar-refractivity contribution in [3.63, 3.8) is 0 Å². The fourth-order valence-electron chi connectivity index (χ4n) is 3.92. The summed E-state index contributed by atoms with van der Waals surface area (Å²) in [6.45, 7) is 9.12. The van der Waals surface area contributed by atoms with Gasteiger partial charge in [-0.3, -0.25) is 0 Å². The van der Waals surface area contributed by atoms with Crippen molar-refractivity contribution in [1.82, 2.24) is 9.55 Å². The molecule has 35 heavy (non-hydrogen) atoms. The monoisotopic (exact) mass is 504 g/mol. The first-order valence-corrected chi connectivity index (χ1v) is 15.9. The van der Waals surface area contributed by atoms with Gasteiger partial charge in [0.2, 0.25) is 0 Å². The Morgan fingerprint density at radius 2 is 1.97 bits per heavy atom. The van der Waals surface area contributed by atoms with Gasteiger partial charge in [0.1, 0.15) is 31.6 Å². The molecule has 3 aromatic rings. The smallest absolute Gasteiger partial charge is 0.167 e. The van der Waals surface area contributed by atoms with Gasteiger partial charge in [-0.2, -0.15) is 0 Å². The summed E-state index contributed by atoms with van der Waals surface area (Å²) in [5.74, 6) is -0.644. The first-order valence-electron chi connectivity index (χ1n) is 12.2. The van der Waals surface area contributed by atoms with Gasteiger partial charge < -0.3 is 23.5 Å². The molecule has 0 aliphatic carbocycles. The third-order valence-electron chi connectivity index (χ3n) is 5.97.